The van der Waals surface area contributed by atoms with Gasteiger partial charge in [0.1, 0.15) is 12.3 Å². The van der Waals surface area contributed by atoms with E-state index < -0.39 is 24.4 Å². The van der Waals surface area contributed by atoms with Crippen molar-refractivity contribution in [3.8, 4) is 0 Å². The van der Waals surface area contributed by atoms with Gasteiger partial charge in [-0.1, -0.05) is 27.2 Å². The zero-order valence-electron chi connectivity index (χ0n) is 27.4. The van der Waals surface area contributed by atoms with Crippen LogP contribution in [0.5, 0.6) is 0 Å². The molecule has 5 fully saturated rings. The zero-order chi connectivity index (χ0) is 31.6. The van der Waals surface area contributed by atoms with Gasteiger partial charge in [-0.2, -0.15) is 0 Å². The Labute approximate surface area is 263 Å². The lowest BCUT2D eigenvalue weighted by molar-refractivity contribution is -0.144. The minimum atomic E-state index is -0.951. The zero-order valence-corrected chi connectivity index (χ0v) is 27.4. The molecule has 0 aromatic heterocycles. The van der Waals surface area contributed by atoms with E-state index >= 15 is 4.39 Å². The van der Waals surface area contributed by atoms with E-state index in [1.165, 1.54) is 0 Å². The van der Waals surface area contributed by atoms with Crippen LogP contribution in [0.4, 0.5) is 8.78 Å². The molecule has 2 amide bonds. The maximum absolute atomic E-state index is 15.1. The summed E-state index contributed by atoms with van der Waals surface area (Å²) in [7, 11) is 0. The lowest BCUT2D eigenvalue weighted by Gasteiger charge is -2.47. The molecule has 0 aromatic carbocycles. The number of rotatable bonds is 11. The Bertz CT molecular complexity index is 991. The average molecular weight is 624 g/mol. The largest absolute Gasteiger partial charge is 0.350 e. The van der Waals surface area contributed by atoms with Crippen molar-refractivity contribution in [3.05, 3.63) is 0 Å². The Hall–Kier alpha value is -1.40. The Balaban J connectivity index is 1.28. The van der Waals surface area contributed by atoms with E-state index in [4.69, 9.17) is 11.5 Å². The molecule has 0 aromatic rings. The third kappa shape index (κ3) is 6.97. The molecule has 1 aliphatic carbocycles. The molecule has 5 aliphatic rings. The molecule has 44 heavy (non-hydrogen) atoms. The van der Waals surface area contributed by atoms with Crippen LogP contribution in [0, 0.1) is 22.7 Å². The van der Waals surface area contributed by atoms with E-state index in [0.29, 0.717) is 6.42 Å². The van der Waals surface area contributed by atoms with Crippen molar-refractivity contribution in [2.45, 2.75) is 122 Å². The van der Waals surface area contributed by atoms with Crippen LogP contribution in [0.2, 0.25) is 0 Å². The summed E-state index contributed by atoms with van der Waals surface area (Å²) in [6, 6.07) is -0.227. The molecule has 6 N–H and O–H groups in total. The van der Waals surface area contributed by atoms with E-state index in [9.17, 15) is 14.0 Å². The van der Waals surface area contributed by atoms with Gasteiger partial charge in [0.05, 0.1) is 31.2 Å². The Morgan fingerprint density at radius 2 is 1.64 bits per heavy atom. The molecule has 7 atom stereocenters. The van der Waals surface area contributed by atoms with Gasteiger partial charge in [0, 0.05) is 31.1 Å². The second kappa shape index (κ2) is 14.2. The van der Waals surface area contributed by atoms with Crippen molar-refractivity contribution in [3.63, 3.8) is 0 Å². The van der Waals surface area contributed by atoms with Crippen LogP contribution in [0.25, 0.3) is 0 Å². The number of halogens is 2. The van der Waals surface area contributed by atoms with E-state index in [1.54, 1.807) is 4.90 Å². The number of likely N-dealkylation sites (tertiary alicyclic amines) is 3. The Morgan fingerprint density at radius 3 is 2.25 bits per heavy atom. The van der Waals surface area contributed by atoms with Crippen LogP contribution in [-0.4, -0.2) is 116 Å². The molecule has 5 rings (SSSR count). The second-order valence-electron chi connectivity index (χ2n) is 14.8. The quantitative estimate of drug-likeness (QED) is 0.261. The average Bonchev–Trinajstić information content (AvgIpc) is 3.61. The van der Waals surface area contributed by atoms with Crippen molar-refractivity contribution in [2.75, 3.05) is 52.4 Å². The highest BCUT2D eigenvalue weighted by molar-refractivity contribution is 5.81. The summed E-state index contributed by atoms with van der Waals surface area (Å²) in [5, 5.41) is 6.82. The van der Waals surface area contributed by atoms with Crippen LogP contribution >= 0.6 is 0 Å². The summed E-state index contributed by atoms with van der Waals surface area (Å²) in [6.45, 7) is 11.5. The molecule has 1 saturated carbocycles. The molecular weight excluding hydrogens is 564 g/mol. The van der Waals surface area contributed by atoms with Gasteiger partial charge in [0.2, 0.25) is 11.8 Å². The summed E-state index contributed by atoms with van der Waals surface area (Å²) in [6.07, 6.45) is 6.26. The van der Waals surface area contributed by atoms with Crippen LogP contribution < -0.4 is 22.1 Å². The lowest BCUT2D eigenvalue weighted by Crippen LogP contribution is -2.65. The Kier molecular flexibility index (Phi) is 10.9. The number of fused-ring (bicyclic) bond motifs is 1. The van der Waals surface area contributed by atoms with Crippen molar-refractivity contribution < 1.29 is 18.4 Å². The lowest BCUT2D eigenvalue weighted by atomic mass is 9.76. The number of alkyl halides is 2. The van der Waals surface area contributed by atoms with Gasteiger partial charge in [0.15, 0.2) is 0 Å². The van der Waals surface area contributed by atoms with Crippen LogP contribution in [-0.2, 0) is 9.59 Å². The van der Waals surface area contributed by atoms with Crippen LogP contribution in [0.3, 0.4) is 0 Å². The first kappa shape index (κ1) is 33.9. The van der Waals surface area contributed by atoms with Gasteiger partial charge in [-0.05, 0) is 94.8 Å². The fourth-order valence-electron chi connectivity index (χ4n) is 9.41. The molecule has 11 heteroatoms. The van der Waals surface area contributed by atoms with Gasteiger partial charge in [-0.25, -0.2) is 8.78 Å². The number of nitrogens with one attached hydrogen (secondary N) is 2. The molecule has 0 bridgehead atoms. The molecule has 7 unspecified atom stereocenters. The molecule has 252 valence electrons. The Morgan fingerprint density at radius 1 is 0.955 bits per heavy atom. The molecular formula is C33H59F2N7O2. The van der Waals surface area contributed by atoms with Crippen molar-refractivity contribution >= 4 is 11.8 Å². The SMILES string of the molecule is CCCCN1CCC(N2CCC(C(=O)N3CC(F)C3)CC2)C(NC(=O)C(C(N)N)C2CC3(CC)CC3(CC)CC(F)CN2)C1. The van der Waals surface area contributed by atoms with E-state index in [1.807, 2.05) is 0 Å². The standard InChI is InChI=1S/C33H59F2N7O2/c1-4-7-11-40-12-10-27(41-13-8-22(9-14-41)31(44)42-18-24(35)19-42)26(20-40)39-30(43)28(29(36)37)25-16-33(6-3)21-32(33,5-2)15-23(34)17-38-25/h22-29,38H,4-21,36-37H2,1-3H3,(H,39,43). The maximum Gasteiger partial charge on any atom is 0.227 e. The highest BCUT2D eigenvalue weighted by Gasteiger charge is 2.66. The number of carbonyl (C=O) groups is 2. The number of amides is 2. The van der Waals surface area contributed by atoms with Crippen LogP contribution in [0.1, 0.15) is 85.0 Å². The number of hydrogen-bond donors (Lipinski definition) is 4. The summed E-state index contributed by atoms with van der Waals surface area (Å²) in [5.41, 5.74) is 12.8. The van der Waals surface area contributed by atoms with Gasteiger partial charge in [0.25, 0.3) is 0 Å². The van der Waals surface area contributed by atoms with Gasteiger partial charge < -0.3 is 31.9 Å². The van der Waals surface area contributed by atoms with Crippen molar-refractivity contribution in [1.29, 1.82) is 0 Å². The fourth-order valence-corrected chi connectivity index (χ4v) is 9.41. The number of piperidine rings is 2. The van der Waals surface area contributed by atoms with Gasteiger partial charge in [-0.15, -0.1) is 0 Å². The summed E-state index contributed by atoms with van der Waals surface area (Å²) < 4.78 is 28.5. The first-order chi connectivity index (χ1) is 21.0. The monoisotopic (exact) mass is 623 g/mol. The third-order valence-electron chi connectivity index (χ3n) is 12.3. The van der Waals surface area contributed by atoms with Crippen molar-refractivity contribution in [1.82, 2.24) is 25.3 Å². The summed E-state index contributed by atoms with van der Waals surface area (Å²) in [4.78, 5) is 33.6. The third-order valence-corrected chi connectivity index (χ3v) is 12.3. The number of carbonyl (C=O) groups excluding carboxylic acids is 2. The fraction of sp³-hybridized carbons (Fsp3) is 0.939. The normalized spacial score (nSPS) is 36.7. The molecule has 4 heterocycles. The van der Waals surface area contributed by atoms with Crippen LogP contribution in [0.15, 0.2) is 0 Å². The molecule has 4 aliphatic heterocycles. The van der Waals surface area contributed by atoms with Crippen molar-refractivity contribution in [2.24, 2.45) is 34.1 Å². The van der Waals surface area contributed by atoms with Gasteiger partial charge in [-0.3, -0.25) is 14.5 Å². The number of nitrogens with two attached hydrogens (primary N) is 2. The number of hydrogen-bond acceptors (Lipinski definition) is 7. The van der Waals surface area contributed by atoms with E-state index in [-0.39, 0.29) is 66.3 Å². The topological polar surface area (TPSA) is 120 Å². The predicted molar refractivity (Wildman–Crippen MR) is 169 cm³/mol. The first-order valence-electron chi connectivity index (χ1n) is 17.6. The predicted octanol–water partition coefficient (Wildman–Crippen LogP) is 2.38. The van der Waals surface area contributed by atoms with E-state index in [0.717, 1.165) is 90.5 Å². The highest BCUT2D eigenvalue weighted by Crippen LogP contribution is 2.73. The maximum atomic E-state index is 15.1. The van der Waals surface area contributed by atoms with Gasteiger partial charge >= 0.3 is 0 Å². The minimum Gasteiger partial charge on any atom is -0.350 e. The second-order valence-corrected chi connectivity index (χ2v) is 14.8. The van der Waals surface area contributed by atoms with E-state index in [2.05, 4.69) is 41.2 Å². The smallest absolute Gasteiger partial charge is 0.227 e. The molecule has 0 spiro atoms. The first-order valence-corrected chi connectivity index (χ1v) is 17.6. The molecule has 0 radical (unpaired) electrons. The number of unbranched alkanes of at least 4 members (excludes halogenated alkanes) is 1. The molecule has 4 saturated heterocycles. The summed E-state index contributed by atoms with van der Waals surface area (Å²) >= 11 is 0. The highest BCUT2D eigenvalue weighted by atomic mass is 19.1. The minimum absolute atomic E-state index is 0.00617. The summed E-state index contributed by atoms with van der Waals surface area (Å²) in [5.74, 6) is -0.764. The number of nitrogens with zero attached hydrogens (tertiary/aromatic N) is 3. The molecule has 9 nitrogen and oxygen atoms in total.